The number of aliphatic imine (C=N–C) groups is 1. The first-order chi connectivity index (χ1) is 9.69. The van der Waals surface area contributed by atoms with Gasteiger partial charge in [0.25, 0.3) is 5.69 Å². The number of amidine groups is 1. The van der Waals surface area contributed by atoms with E-state index in [1.807, 2.05) is 6.92 Å². The Hall–Kier alpha value is -1.56. The van der Waals surface area contributed by atoms with Crippen LogP contribution in [0.5, 0.6) is 0 Å². The maximum Gasteiger partial charge on any atom is 0.269 e. The fraction of sp³-hybridized carbons (Fsp3) is 0.533. The number of thioether (sulfide) groups is 1. The van der Waals surface area contributed by atoms with E-state index in [1.54, 1.807) is 23.9 Å². The topological polar surface area (TPSA) is 58.7 Å². The molecular weight excluding hydrogens is 286 g/mol. The smallest absolute Gasteiger partial charge is 0.269 e. The van der Waals surface area contributed by atoms with Gasteiger partial charge >= 0.3 is 0 Å². The normalized spacial score (nSPS) is 19.5. The van der Waals surface area contributed by atoms with Gasteiger partial charge in [-0.1, -0.05) is 11.8 Å². The highest BCUT2D eigenvalue weighted by molar-refractivity contribution is 8.15. The molecule has 6 heteroatoms. The molecule has 0 N–H and O–H groups in total. The Morgan fingerprint density at radius 1 is 1.43 bits per heavy atom. The molecule has 1 heterocycles. The van der Waals surface area contributed by atoms with Crippen LogP contribution in [0.2, 0.25) is 0 Å². The average molecular weight is 307 g/mol. The number of non-ortho nitro benzene ring substituents is 1. The van der Waals surface area contributed by atoms with E-state index >= 15 is 0 Å². The van der Waals surface area contributed by atoms with Crippen LogP contribution in [0.25, 0.3) is 0 Å². The minimum Gasteiger partial charge on any atom is -0.347 e. The Bertz CT molecular complexity index is 597. The van der Waals surface area contributed by atoms with Crippen LogP contribution in [-0.2, 0) is 0 Å². The van der Waals surface area contributed by atoms with E-state index in [2.05, 4.69) is 32.6 Å². The highest BCUT2D eigenvalue weighted by Gasteiger charge is 2.36. The van der Waals surface area contributed by atoms with E-state index in [-0.39, 0.29) is 15.4 Å². The van der Waals surface area contributed by atoms with Crippen molar-refractivity contribution in [3.8, 4) is 0 Å². The summed E-state index contributed by atoms with van der Waals surface area (Å²) < 4.78 is 0.137. The fourth-order valence-corrected chi connectivity index (χ4v) is 3.52. The summed E-state index contributed by atoms with van der Waals surface area (Å²) in [5, 5.41) is 11.8. The summed E-state index contributed by atoms with van der Waals surface area (Å²) in [6.45, 7) is 11.5. The molecule has 0 saturated carbocycles. The standard InChI is InChI=1S/C15H21N3O2S/c1-10(2)17-9-15(4,5)21-14(17)16-13-7-6-12(18(19)20)8-11(13)3/h6-8,10H,9H2,1-5H3/b16-14-. The molecule has 114 valence electrons. The zero-order chi connectivity index (χ0) is 15.8. The van der Waals surface area contributed by atoms with Gasteiger partial charge in [0.15, 0.2) is 5.17 Å². The van der Waals surface area contributed by atoms with Crippen LogP contribution in [0.1, 0.15) is 33.3 Å². The largest absolute Gasteiger partial charge is 0.347 e. The Morgan fingerprint density at radius 3 is 2.62 bits per heavy atom. The zero-order valence-electron chi connectivity index (χ0n) is 13.1. The van der Waals surface area contributed by atoms with Gasteiger partial charge in [0, 0.05) is 29.5 Å². The Morgan fingerprint density at radius 2 is 2.10 bits per heavy atom. The van der Waals surface area contributed by atoms with Gasteiger partial charge in [-0.05, 0) is 46.2 Å². The van der Waals surface area contributed by atoms with Gasteiger partial charge in [-0.25, -0.2) is 4.99 Å². The van der Waals surface area contributed by atoms with Gasteiger partial charge in [-0.15, -0.1) is 0 Å². The molecule has 0 spiro atoms. The molecule has 21 heavy (non-hydrogen) atoms. The third-order valence-electron chi connectivity index (χ3n) is 3.40. The lowest BCUT2D eigenvalue weighted by molar-refractivity contribution is -0.384. The van der Waals surface area contributed by atoms with Gasteiger partial charge in [-0.2, -0.15) is 0 Å². The third-order valence-corrected chi connectivity index (χ3v) is 4.59. The van der Waals surface area contributed by atoms with Crippen LogP contribution in [0.4, 0.5) is 11.4 Å². The molecule has 1 fully saturated rings. The van der Waals surface area contributed by atoms with Crippen molar-refractivity contribution in [1.82, 2.24) is 4.90 Å². The molecular formula is C15H21N3O2S. The summed E-state index contributed by atoms with van der Waals surface area (Å²) in [7, 11) is 0. The van der Waals surface area contributed by atoms with E-state index in [0.717, 1.165) is 23.0 Å². The number of nitrogens with zero attached hydrogens (tertiary/aromatic N) is 3. The molecule has 1 aliphatic rings. The second-order valence-electron chi connectivity index (χ2n) is 6.21. The maximum atomic E-state index is 10.8. The van der Waals surface area contributed by atoms with Crippen LogP contribution in [0.15, 0.2) is 23.2 Å². The van der Waals surface area contributed by atoms with Crippen molar-refractivity contribution in [3.05, 3.63) is 33.9 Å². The number of aryl methyl sites for hydroxylation is 1. The minimum atomic E-state index is -0.377. The number of benzene rings is 1. The number of rotatable bonds is 3. The van der Waals surface area contributed by atoms with E-state index in [9.17, 15) is 10.1 Å². The second kappa shape index (κ2) is 5.67. The van der Waals surface area contributed by atoms with Crippen LogP contribution in [-0.4, -0.2) is 32.3 Å². The SMILES string of the molecule is Cc1cc([N+](=O)[O-])ccc1/N=C1\SC(C)(C)CN1C(C)C. The zero-order valence-corrected chi connectivity index (χ0v) is 13.9. The maximum absolute atomic E-state index is 10.8. The summed E-state index contributed by atoms with van der Waals surface area (Å²) in [5.74, 6) is 0. The summed E-state index contributed by atoms with van der Waals surface area (Å²) in [6.07, 6.45) is 0. The fourth-order valence-electron chi connectivity index (χ4n) is 2.29. The van der Waals surface area contributed by atoms with Crippen LogP contribution < -0.4 is 0 Å². The highest BCUT2D eigenvalue weighted by Crippen LogP contribution is 2.38. The lowest BCUT2D eigenvalue weighted by atomic mass is 10.2. The van der Waals surface area contributed by atoms with Gasteiger partial charge in [-0.3, -0.25) is 10.1 Å². The monoisotopic (exact) mass is 307 g/mol. The van der Waals surface area contributed by atoms with Crippen molar-refractivity contribution in [2.75, 3.05) is 6.54 Å². The van der Waals surface area contributed by atoms with E-state index < -0.39 is 0 Å². The lowest BCUT2D eigenvalue weighted by Gasteiger charge is -2.23. The van der Waals surface area contributed by atoms with Crippen molar-refractivity contribution >= 4 is 28.3 Å². The van der Waals surface area contributed by atoms with Gasteiger partial charge in [0.05, 0.1) is 10.6 Å². The van der Waals surface area contributed by atoms with Crippen molar-refractivity contribution < 1.29 is 4.92 Å². The molecule has 0 radical (unpaired) electrons. The molecule has 2 rings (SSSR count). The second-order valence-corrected chi connectivity index (χ2v) is 7.88. The van der Waals surface area contributed by atoms with Crippen LogP contribution >= 0.6 is 11.8 Å². The van der Waals surface area contributed by atoms with Crippen LogP contribution in [0.3, 0.4) is 0 Å². The Balaban J connectivity index is 2.36. The number of nitro benzene ring substituents is 1. The molecule has 0 atom stereocenters. The molecule has 1 saturated heterocycles. The molecule has 0 aromatic heterocycles. The van der Waals surface area contributed by atoms with Gasteiger partial charge < -0.3 is 4.90 Å². The molecule has 1 aromatic rings. The highest BCUT2D eigenvalue weighted by atomic mass is 32.2. The average Bonchev–Trinajstić information content (AvgIpc) is 2.67. The Kier molecular flexibility index (Phi) is 4.27. The van der Waals surface area contributed by atoms with E-state index in [1.165, 1.54) is 6.07 Å². The molecule has 5 nitrogen and oxygen atoms in total. The molecule has 1 aromatic carbocycles. The van der Waals surface area contributed by atoms with Crippen LogP contribution in [0, 0.1) is 17.0 Å². The molecule has 0 aliphatic carbocycles. The molecule has 0 bridgehead atoms. The van der Waals surface area contributed by atoms with Gasteiger partial charge in [0.1, 0.15) is 0 Å². The number of hydrogen-bond donors (Lipinski definition) is 0. The van der Waals surface area contributed by atoms with Crippen molar-refractivity contribution in [2.45, 2.75) is 45.4 Å². The summed E-state index contributed by atoms with van der Waals surface area (Å²) >= 11 is 1.76. The first-order valence-corrected chi connectivity index (χ1v) is 7.81. The first kappa shape index (κ1) is 15.8. The minimum absolute atomic E-state index is 0.108. The number of hydrogen-bond acceptors (Lipinski definition) is 4. The number of nitro groups is 1. The predicted octanol–water partition coefficient (Wildman–Crippen LogP) is 4.13. The van der Waals surface area contributed by atoms with Crippen molar-refractivity contribution in [2.24, 2.45) is 4.99 Å². The lowest BCUT2D eigenvalue weighted by Crippen LogP contribution is -2.34. The predicted molar refractivity (Wildman–Crippen MR) is 88.4 cm³/mol. The molecule has 0 amide bonds. The first-order valence-electron chi connectivity index (χ1n) is 6.99. The van der Waals surface area contributed by atoms with E-state index in [4.69, 9.17) is 4.99 Å². The molecule has 1 aliphatic heterocycles. The summed E-state index contributed by atoms with van der Waals surface area (Å²) in [5.41, 5.74) is 1.73. The van der Waals surface area contributed by atoms with E-state index in [0.29, 0.717) is 6.04 Å². The third kappa shape index (κ3) is 3.56. The van der Waals surface area contributed by atoms with Crippen molar-refractivity contribution in [3.63, 3.8) is 0 Å². The van der Waals surface area contributed by atoms with Crippen molar-refractivity contribution in [1.29, 1.82) is 0 Å². The molecule has 0 unspecified atom stereocenters. The summed E-state index contributed by atoms with van der Waals surface area (Å²) in [4.78, 5) is 17.4. The quantitative estimate of drug-likeness (QED) is 0.622. The Labute approximate surface area is 129 Å². The summed E-state index contributed by atoms with van der Waals surface area (Å²) in [6, 6.07) is 5.20. The van der Waals surface area contributed by atoms with Gasteiger partial charge in [0.2, 0.25) is 0 Å².